The summed E-state index contributed by atoms with van der Waals surface area (Å²) in [7, 11) is 1.77. The number of hydrogen-bond donors (Lipinski definition) is 1. The highest BCUT2D eigenvalue weighted by atomic mass is 32.1. The zero-order chi connectivity index (χ0) is 21.4. The summed E-state index contributed by atoms with van der Waals surface area (Å²) in [4.78, 5) is 34.4. The highest BCUT2D eigenvalue weighted by Gasteiger charge is 2.76. The number of alkyl halides is 7. The van der Waals surface area contributed by atoms with Crippen LogP contribution in [0.5, 0.6) is 0 Å². The number of anilines is 1. The molecule has 0 saturated carbocycles. The van der Waals surface area contributed by atoms with Crippen molar-refractivity contribution < 1.29 is 54.6 Å². The number of ether oxygens (including phenoxy) is 2. The summed E-state index contributed by atoms with van der Waals surface area (Å²) in [6.45, 7) is 1.12. The second kappa shape index (κ2) is 7.32. The van der Waals surface area contributed by atoms with Gasteiger partial charge in [-0.3, -0.25) is 4.79 Å². The van der Waals surface area contributed by atoms with Crippen LogP contribution in [0, 0.1) is 6.92 Å². The minimum Gasteiger partial charge on any atom is -0.465 e. The Morgan fingerprint density at radius 1 is 0.926 bits per heavy atom. The van der Waals surface area contributed by atoms with Gasteiger partial charge in [0.1, 0.15) is 9.88 Å². The topological polar surface area (TPSA) is 81.7 Å². The molecule has 0 bridgehead atoms. The normalized spacial score (nSPS) is 12.5. The molecular formula is C13H10F7NO5S. The van der Waals surface area contributed by atoms with E-state index in [1.807, 2.05) is 0 Å². The maximum atomic E-state index is 13.4. The molecule has 0 spiro atoms. The number of carbonyl (C=O) groups is 3. The summed E-state index contributed by atoms with van der Waals surface area (Å²) < 4.78 is 98.0. The number of methoxy groups -OCH3 is 2. The van der Waals surface area contributed by atoms with Gasteiger partial charge in [0.2, 0.25) is 0 Å². The van der Waals surface area contributed by atoms with Crippen molar-refractivity contribution in [2.45, 2.75) is 24.9 Å². The number of thiophene rings is 1. The lowest BCUT2D eigenvalue weighted by Crippen LogP contribution is -2.57. The van der Waals surface area contributed by atoms with Crippen LogP contribution in [0.25, 0.3) is 0 Å². The van der Waals surface area contributed by atoms with E-state index in [9.17, 15) is 45.1 Å². The summed E-state index contributed by atoms with van der Waals surface area (Å²) in [5.74, 6) is -18.3. The molecule has 0 aromatic carbocycles. The molecule has 27 heavy (non-hydrogen) atoms. The molecule has 1 aromatic rings. The Labute approximate surface area is 150 Å². The van der Waals surface area contributed by atoms with Gasteiger partial charge in [0.05, 0.1) is 19.8 Å². The molecule has 0 aliphatic carbocycles. The summed E-state index contributed by atoms with van der Waals surface area (Å²) in [6, 6.07) is 0. The molecule has 0 saturated heterocycles. The van der Waals surface area contributed by atoms with Crippen LogP contribution in [0.2, 0.25) is 0 Å². The van der Waals surface area contributed by atoms with Crippen LogP contribution in [0.4, 0.5) is 35.7 Å². The number of hydrogen-bond acceptors (Lipinski definition) is 6. The van der Waals surface area contributed by atoms with Crippen molar-refractivity contribution in [2.75, 3.05) is 19.5 Å². The minimum atomic E-state index is -6.72. The van der Waals surface area contributed by atoms with E-state index in [2.05, 4.69) is 9.47 Å². The molecule has 0 aliphatic rings. The second-order valence-electron chi connectivity index (χ2n) is 4.84. The Balaban J connectivity index is 3.41. The largest absolute Gasteiger partial charge is 0.465 e. The summed E-state index contributed by atoms with van der Waals surface area (Å²) >= 11 is 0.158. The van der Waals surface area contributed by atoms with E-state index in [1.165, 1.54) is 0 Å². The molecule has 0 aliphatic heterocycles. The van der Waals surface area contributed by atoms with Crippen LogP contribution < -0.4 is 5.32 Å². The van der Waals surface area contributed by atoms with Crippen LogP contribution >= 0.6 is 11.3 Å². The van der Waals surface area contributed by atoms with Gasteiger partial charge in [-0.25, -0.2) is 9.59 Å². The second-order valence-corrected chi connectivity index (χ2v) is 5.86. The predicted octanol–water partition coefficient (Wildman–Crippen LogP) is 3.40. The molecule has 6 nitrogen and oxygen atoms in total. The maximum Gasteiger partial charge on any atom is 0.460 e. The van der Waals surface area contributed by atoms with Gasteiger partial charge in [-0.1, -0.05) is 0 Å². The van der Waals surface area contributed by atoms with Crippen LogP contribution in [-0.2, 0) is 14.3 Å². The first kappa shape index (κ1) is 22.7. The first-order valence-electron chi connectivity index (χ1n) is 6.57. The molecule has 152 valence electrons. The number of amides is 1. The average Bonchev–Trinajstić information content (AvgIpc) is 2.88. The van der Waals surface area contributed by atoms with Crippen molar-refractivity contribution in [3.63, 3.8) is 0 Å². The monoisotopic (exact) mass is 425 g/mol. The Kier molecular flexibility index (Phi) is 6.15. The van der Waals surface area contributed by atoms with E-state index < -0.39 is 46.4 Å². The van der Waals surface area contributed by atoms with Gasteiger partial charge in [-0.15, -0.1) is 11.3 Å². The predicted molar refractivity (Wildman–Crippen MR) is 76.3 cm³/mol. The average molecular weight is 425 g/mol. The highest BCUT2D eigenvalue weighted by Crippen LogP contribution is 2.47. The van der Waals surface area contributed by atoms with Gasteiger partial charge >= 0.3 is 35.9 Å². The lowest BCUT2D eigenvalue weighted by Gasteiger charge is -2.26. The van der Waals surface area contributed by atoms with Crippen molar-refractivity contribution >= 4 is 34.2 Å². The number of esters is 2. The van der Waals surface area contributed by atoms with E-state index in [-0.39, 0.29) is 21.8 Å². The van der Waals surface area contributed by atoms with Gasteiger partial charge in [-0.2, -0.15) is 30.7 Å². The van der Waals surface area contributed by atoms with Gasteiger partial charge < -0.3 is 14.8 Å². The molecule has 1 heterocycles. The minimum absolute atomic E-state index is 0.158. The molecule has 0 fully saturated rings. The summed E-state index contributed by atoms with van der Waals surface area (Å²) in [6.07, 6.45) is -6.72. The molecule has 1 rings (SSSR count). The number of carbonyl (C=O) groups excluding carboxylic acids is 3. The standard InChI is InChI=1S/C13H10F7NO5S/c1-4-5(8(22)25-2)7(27-6(4)9(23)26-3)21-10(24)11(14,15)12(16,17)13(18,19)20/h1-3H3,(H,21,24). The fourth-order valence-electron chi connectivity index (χ4n) is 1.74. The zero-order valence-corrected chi connectivity index (χ0v) is 14.4. The van der Waals surface area contributed by atoms with Crippen LogP contribution in [0.1, 0.15) is 25.6 Å². The first-order chi connectivity index (χ1) is 12.1. The quantitative estimate of drug-likeness (QED) is 0.578. The Morgan fingerprint density at radius 2 is 1.41 bits per heavy atom. The maximum absolute atomic E-state index is 13.4. The van der Waals surface area contributed by atoms with E-state index in [0.717, 1.165) is 26.5 Å². The fourth-order valence-corrected chi connectivity index (χ4v) is 2.85. The number of nitrogens with one attached hydrogen (secondary N) is 1. The highest BCUT2D eigenvalue weighted by molar-refractivity contribution is 7.18. The van der Waals surface area contributed by atoms with E-state index in [4.69, 9.17) is 0 Å². The molecular weight excluding hydrogens is 415 g/mol. The Morgan fingerprint density at radius 3 is 1.81 bits per heavy atom. The summed E-state index contributed by atoms with van der Waals surface area (Å²) in [5, 5.41) is 0.239. The number of halogens is 7. The lowest BCUT2D eigenvalue weighted by atomic mass is 10.1. The van der Waals surface area contributed by atoms with Crippen molar-refractivity contribution in [1.29, 1.82) is 0 Å². The Bertz CT molecular complexity index is 772. The number of rotatable bonds is 5. The van der Waals surface area contributed by atoms with E-state index in [0.29, 0.717) is 0 Å². The first-order valence-corrected chi connectivity index (χ1v) is 7.38. The SMILES string of the molecule is COC(=O)c1sc(NC(=O)C(F)(F)C(F)(F)C(F)(F)F)c(C(=O)OC)c1C. The third-order valence-corrected chi connectivity index (χ3v) is 4.36. The molecule has 1 amide bonds. The summed E-state index contributed by atoms with van der Waals surface area (Å²) in [5.41, 5.74) is -0.901. The third-order valence-electron chi connectivity index (χ3n) is 3.17. The van der Waals surface area contributed by atoms with Crippen LogP contribution in [0.3, 0.4) is 0 Å². The molecule has 0 unspecified atom stereocenters. The van der Waals surface area contributed by atoms with Crippen molar-refractivity contribution in [3.05, 3.63) is 16.0 Å². The van der Waals surface area contributed by atoms with Gasteiger partial charge in [0, 0.05) is 0 Å². The van der Waals surface area contributed by atoms with Gasteiger partial charge in [-0.05, 0) is 12.5 Å². The molecule has 1 N–H and O–H groups in total. The van der Waals surface area contributed by atoms with Gasteiger partial charge in [0.25, 0.3) is 0 Å². The zero-order valence-electron chi connectivity index (χ0n) is 13.6. The van der Waals surface area contributed by atoms with E-state index in [1.54, 1.807) is 0 Å². The lowest BCUT2D eigenvalue weighted by molar-refractivity contribution is -0.343. The third kappa shape index (κ3) is 3.84. The fraction of sp³-hybridized carbons (Fsp3) is 0.462. The van der Waals surface area contributed by atoms with Crippen molar-refractivity contribution in [1.82, 2.24) is 0 Å². The molecule has 14 heteroatoms. The molecule has 0 radical (unpaired) electrons. The van der Waals surface area contributed by atoms with E-state index >= 15 is 0 Å². The van der Waals surface area contributed by atoms with Gasteiger partial charge in [0.15, 0.2) is 0 Å². The van der Waals surface area contributed by atoms with Crippen molar-refractivity contribution in [3.8, 4) is 0 Å². The smallest absolute Gasteiger partial charge is 0.460 e. The molecule has 1 aromatic heterocycles. The van der Waals surface area contributed by atoms with Crippen LogP contribution in [0.15, 0.2) is 0 Å². The van der Waals surface area contributed by atoms with Crippen molar-refractivity contribution in [2.24, 2.45) is 0 Å². The Hall–Kier alpha value is -2.38. The molecule has 0 atom stereocenters. The van der Waals surface area contributed by atoms with Crippen LogP contribution in [-0.4, -0.2) is 50.1 Å².